The van der Waals surface area contributed by atoms with Crippen molar-refractivity contribution in [1.82, 2.24) is 19.8 Å². The number of nitrogens with zero attached hydrogens (tertiary/aromatic N) is 3. The van der Waals surface area contributed by atoms with E-state index in [9.17, 15) is 13.5 Å². The Labute approximate surface area is 192 Å². The highest BCUT2D eigenvalue weighted by Crippen LogP contribution is 2.37. The molecule has 0 aliphatic carbocycles. The second-order valence-electron chi connectivity index (χ2n) is 7.43. The fourth-order valence-electron chi connectivity index (χ4n) is 3.80. The number of aromatic hydroxyl groups is 1. The third-order valence-corrected chi connectivity index (χ3v) is 7.74. The highest BCUT2D eigenvalue weighted by atomic mass is 35.5. The van der Waals surface area contributed by atoms with Gasteiger partial charge in [0.25, 0.3) is 0 Å². The summed E-state index contributed by atoms with van der Waals surface area (Å²) in [6.07, 6.45) is 2.81. The summed E-state index contributed by atoms with van der Waals surface area (Å²) in [6.45, 7) is 6.68. The minimum Gasteiger partial charge on any atom is -0.494 e. The average Bonchev–Trinajstić information content (AvgIpc) is 3.04. The van der Waals surface area contributed by atoms with Crippen molar-refractivity contribution < 1.29 is 13.5 Å². The quantitative estimate of drug-likeness (QED) is 0.540. The molecule has 10 heteroatoms. The van der Waals surface area contributed by atoms with Crippen molar-refractivity contribution >= 4 is 44.7 Å². The van der Waals surface area contributed by atoms with Crippen molar-refractivity contribution in [1.29, 1.82) is 0 Å². The minimum atomic E-state index is -3.67. The van der Waals surface area contributed by atoms with Gasteiger partial charge in [-0.25, -0.2) is 8.42 Å². The molecule has 1 fully saturated rings. The highest BCUT2D eigenvalue weighted by molar-refractivity contribution is 7.92. The van der Waals surface area contributed by atoms with Crippen LogP contribution in [0.5, 0.6) is 5.88 Å². The lowest BCUT2D eigenvalue weighted by molar-refractivity contribution is 0.154. The predicted octanol–water partition coefficient (Wildman–Crippen LogP) is 3.54. The molecule has 2 aromatic heterocycles. The summed E-state index contributed by atoms with van der Waals surface area (Å²) in [4.78, 5) is 11.4. The first-order chi connectivity index (χ1) is 14.3. The van der Waals surface area contributed by atoms with Crippen LogP contribution in [0.4, 0.5) is 0 Å². The number of aromatic nitrogens is 2. The molecule has 0 amide bonds. The molecular formula is C21H24Cl2N4O3S. The number of likely N-dealkylation sites (N-methyl/N-ethyl adjacent to an activating group) is 1. The molecule has 166 valence electrons. The molecule has 4 rings (SSSR count). The smallest absolute Gasteiger partial charge is 0.199 e. The number of rotatable bonds is 5. The Morgan fingerprint density at radius 2 is 1.94 bits per heavy atom. The topological polar surface area (TPSA) is 89.5 Å². The Balaban J connectivity index is 0.00000272. The van der Waals surface area contributed by atoms with Gasteiger partial charge in [-0.05, 0) is 31.3 Å². The van der Waals surface area contributed by atoms with Crippen molar-refractivity contribution in [2.45, 2.75) is 10.3 Å². The van der Waals surface area contributed by atoms with Crippen molar-refractivity contribution in [3.63, 3.8) is 0 Å². The van der Waals surface area contributed by atoms with Gasteiger partial charge in [0.1, 0.15) is 5.37 Å². The number of piperazine rings is 1. The number of fused-ring (bicyclic) bond motifs is 1. The van der Waals surface area contributed by atoms with Gasteiger partial charge in [-0.2, -0.15) is 0 Å². The van der Waals surface area contributed by atoms with Crippen molar-refractivity contribution in [3.05, 3.63) is 54.2 Å². The first kappa shape index (κ1) is 23.6. The molecule has 0 spiro atoms. The third kappa shape index (κ3) is 4.44. The predicted molar refractivity (Wildman–Crippen MR) is 126 cm³/mol. The summed E-state index contributed by atoms with van der Waals surface area (Å²) in [5, 5.41) is 10.8. The molecule has 1 atom stereocenters. The van der Waals surface area contributed by atoms with Gasteiger partial charge in [0.2, 0.25) is 0 Å². The van der Waals surface area contributed by atoms with Crippen molar-refractivity contribution in [2.75, 3.05) is 33.2 Å². The van der Waals surface area contributed by atoms with E-state index in [1.807, 2.05) is 11.9 Å². The fourth-order valence-corrected chi connectivity index (χ4v) is 5.56. The Hall–Kier alpha value is -2.10. The number of sulfone groups is 1. The lowest BCUT2D eigenvalue weighted by Crippen LogP contribution is -2.50. The molecular weight excluding hydrogens is 459 g/mol. The van der Waals surface area contributed by atoms with Crippen LogP contribution in [0.1, 0.15) is 0 Å². The molecule has 7 nitrogen and oxygen atoms in total. The van der Waals surface area contributed by atoms with Crippen LogP contribution in [0.15, 0.2) is 54.1 Å². The number of nitrogens with one attached hydrogen (secondary N) is 1. The molecule has 1 aliphatic rings. The number of H-pyrrole nitrogens is 1. The summed E-state index contributed by atoms with van der Waals surface area (Å²) < 4.78 is 26.4. The lowest BCUT2D eigenvalue weighted by atomic mass is 10.1. The molecule has 31 heavy (non-hydrogen) atoms. The number of pyridine rings is 1. The van der Waals surface area contributed by atoms with Gasteiger partial charge in [0.15, 0.2) is 15.7 Å². The highest BCUT2D eigenvalue weighted by Gasteiger charge is 2.32. The standard InChI is InChI=1S/C21H23ClN4O3S.ClH/c1-3-19(26-10-8-25(2)9-11-26)30(28,29)15-5-7-17(23-13-15)20-16-6-4-14(22)12-18(16)24-21(20)27;/h3-7,12-13,19,24,27H,1,8-11H2,2H3;1H. The summed E-state index contributed by atoms with van der Waals surface area (Å²) >= 11 is 6.01. The van der Waals surface area contributed by atoms with E-state index >= 15 is 0 Å². The molecule has 0 radical (unpaired) electrons. The molecule has 2 N–H and O–H groups in total. The number of hydrogen-bond acceptors (Lipinski definition) is 6. The van der Waals surface area contributed by atoms with Crippen LogP contribution in [-0.4, -0.2) is 71.9 Å². The van der Waals surface area contributed by atoms with Crippen LogP contribution in [0.25, 0.3) is 22.2 Å². The van der Waals surface area contributed by atoms with E-state index in [-0.39, 0.29) is 23.2 Å². The summed E-state index contributed by atoms with van der Waals surface area (Å²) in [6, 6.07) is 8.36. The first-order valence-corrected chi connectivity index (χ1v) is 11.5. The SMILES string of the molecule is C=CC(N1CCN(C)CC1)S(=O)(=O)c1ccc(-c2c(O)[nH]c3cc(Cl)ccc23)nc1.Cl. The van der Waals surface area contributed by atoms with Crippen LogP contribution >= 0.6 is 24.0 Å². The Morgan fingerprint density at radius 1 is 1.23 bits per heavy atom. The van der Waals surface area contributed by atoms with Gasteiger partial charge in [-0.3, -0.25) is 9.88 Å². The fraction of sp³-hybridized carbons (Fsp3) is 0.286. The van der Waals surface area contributed by atoms with Crippen molar-refractivity contribution in [3.8, 4) is 17.1 Å². The van der Waals surface area contributed by atoms with Gasteiger partial charge < -0.3 is 15.0 Å². The second kappa shape index (κ2) is 9.18. The van der Waals surface area contributed by atoms with Crippen molar-refractivity contribution in [2.24, 2.45) is 0 Å². The van der Waals surface area contributed by atoms with Gasteiger partial charge in [-0.1, -0.05) is 23.7 Å². The Morgan fingerprint density at radius 3 is 2.55 bits per heavy atom. The maximum atomic E-state index is 13.2. The normalized spacial score (nSPS) is 16.7. The zero-order valence-electron chi connectivity index (χ0n) is 17.0. The maximum absolute atomic E-state index is 13.2. The first-order valence-electron chi connectivity index (χ1n) is 9.57. The van der Waals surface area contributed by atoms with Gasteiger partial charge in [-0.15, -0.1) is 19.0 Å². The number of hydrogen-bond donors (Lipinski definition) is 2. The monoisotopic (exact) mass is 482 g/mol. The van der Waals surface area contributed by atoms with Crippen LogP contribution < -0.4 is 0 Å². The van der Waals surface area contributed by atoms with E-state index in [1.165, 1.54) is 18.3 Å². The Kier molecular flexibility index (Phi) is 6.98. The largest absolute Gasteiger partial charge is 0.494 e. The number of aromatic amines is 1. The minimum absolute atomic E-state index is 0. The zero-order chi connectivity index (χ0) is 21.5. The molecule has 1 saturated heterocycles. The number of halogens is 2. The van der Waals surface area contributed by atoms with E-state index in [0.29, 0.717) is 34.9 Å². The summed E-state index contributed by atoms with van der Waals surface area (Å²) in [7, 11) is -1.65. The molecule has 1 unspecified atom stereocenters. The lowest BCUT2D eigenvalue weighted by Gasteiger charge is -2.36. The summed E-state index contributed by atoms with van der Waals surface area (Å²) in [5.74, 6) is -0.0446. The van der Waals surface area contributed by atoms with Crippen LogP contribution in [0, 0.1) is 0 Å². The molecule has 0 bridgehead atoms. The number of benzene rings is 1. The molecule has 3 aromatic rings. The van der Waals surface area contributed by atoms with Crippen LogP contribution in [0.3, 0.4) is 0 Å². The summed E-state index contributed by atoms with van der Waals surface area (Å²) in [5.41, 5.74) is 1.65. The molecule has 1 aromatic carbocycles. The maximum Gasteiger partial charge on any atom is 0.199 e. The van der Waals surface area contributed by atoms with Gasteiger partial charge in [0.05, 0.1) is 21.7 Å². The van der Waals surface area contributed by atoms with E-state index in [1.54, 1.807) is 24.3 Å². The average molecular weight is 483 g/mol. The van der Waals surface area contributed by atoms with Crippen LogP contribution in [-0.2, 0) is 9.84 Å². The van der Waals surface area contributed by atoms with E-state index in [2.05, 4.69) is 21.4 Å². The van der Waals surface area contributed by atoms with E-state index in [0.717, 1.165) is 18.5 Å². The molecule has 0 saturated carbocycles. The third-order valence-electron chi connectivity index (χ3n) is 5.48. The van der Waals surface area contributed by atoms with Gasteiger partial charge >= 0.3 is 0 Å². The van der Waals surface area contributed by atoms with Gasteiger partial charge in [0, 0.05) is 42.8 Å². The second-order valence-corrected chi connectivity index (χ2v) is 9.91. The van der Waals surface area contributed by atoms with E-state index in [4.69, 9.17) is 11.6 Å². The molecule has 3 heterocycles. The zero-order valence-corrected chi connectivity index (χ0v) is 19.3. The Bertz CT molecular complexity index is 1190. The van der Waals surface area contributed by atoms with Crippen LogP contribution in [0.2, 0.25) is 5.02 Å². The molecule has 1 aliphatic heterocycles. The van der Waals surface area contributed by atoms with E-state index < -0.39 is 15.2 Å².